The smallest absolute Gasteiger partial charge is 0.321 e. The minimum atomic E-state index is -0.910. The van der Waals surface area contributed by atoms with Crippen molar-refractivity contribution < 1.29 is 19.4 Å². The number of aromatic nitrogens is 1. The first-order chi connectivity index (χ1) is 13.0. The van der Waals surface area contributed by atoms with Gasteiger partial charge in [-0.2, -0.15) is 0 Å². The molecule has 1 aromatic heterocycles. The Morgan fingerprint density at radius 2 is 2.04 bits per heavy atom. The highest BCUT2D eigenvalue weighted by molar-refractivity contribution is 6.32. The second-order valence-corrected chi connectivity index (χ2v) is 6.56. The number of carbonyl (C=O) groups is 1. The van der Waals surface area contributed by atoms with Crippen LogP contribution < -0.4 is 14.8 Å². The first kappa shape index (κ1) is 19.1. The van der Waals surface area contributed by atoms with E-state index in [-0.39, 0.29) is 0 Å². The van der Waals surface area contributed by atoms with Crippen molar-refractivity contribution in [2.45, 2.75) is 19.0 Å². The van der Waals surface area contributed by atoms with Crippen LogP contribution in [0.25, 0.3) is 10.9 Å². The third kappa shape index (κ3) is 4.18. The third-order valence-corrected chi connectivity index (χ3v) is 4.72. The number of carboxylic acid groups (broad SMARTS) is 1. The van der Waals surface area contributed by atoms with Crippen LogP contribution >= 0.6 is 11.6 Å². The summed E-state index contributed by atoms with van der Waals surface area (Å²) in [4.78, 5) is 14.9. The van der Waals surface area contributed by atoms with Gasteiger partial charge >= 0.3 is 5.97 Å². The van der Waals surface area contributed by atoms with Crippen molar-refractivity contribution in [2.75, 3.05) is 14.2 Å². The van der Waals surface area contributed by atoms with Gasteiger partial charge in [-0.05, 0) is 29.3 Å². The maximum atomic E-state index is 11.7. The van der Waals surface area contributed by atoms with Crippen LogP contribution in [-0.4, -0.2) is 36.3 Å². The molecule has 1 heterocycles. The molecule has 27 heavy (non-hydrogen) atoms. The molecule has 142 valence electrons. The Kier molecular flexibility index (Phi) is 5.88. The lowest BCUT2D eigenvalue weighted by Crippen LogP contribution is -2.38. The van der Waals surface area contributed by atoms with Crippen molar-refractivity contribution >= 4 is 28.5 Å². The summed E-state index contributed by atoms with van der Waals surface area (Å²) in [6.07, 6.45) is 2.22. The highest BCUT2D eigenvalue weighted by atomic mass is 35.5. The Hall–Kier alpha value is -2.70. The number of aliphatic carboxylic acids is 1. The van der Waals surface area contributed by atoms with Gasteiger partial charge in [-0.25, -0.2) is 0 Å². The second-order valence-electron chi connectivity index (χ2n) is 6.15. The minimum Gasteiger partial charge on any atom is -0.493 e. The lowest BCUT2D eigenvalue weighted by Gasteiger charge is -2.16. The van der Waals surface area contributed by atoms with Gasteiger partial charge in [0.2, 0.25) is 0 Å². The molecule has 7 heteroatoms. The third-order valence-electron chi connectivity index (χ3n) is 4.44. The number of ether oxygens (including phenoxy) is 2. The Labute approximate surface area is 162 Å². The van der Waals surface area contributed by atoms with Crippen molar-refractivity contribution in [1.82, 2.24) is 10.3 Å². The number of halogens is 1. The summed E-state index contributed by atoms with van der Waals surface area (Å²) < 4.78 is 10.5. The number of carboxylic acids is 1. The number of methoxy groups -OCH3 is 2. The van der Waals surface area contributed by atoms with Gasteiger partial charge in [-0.15, -0.1) is 0 Å². The summed E-state index contributed by atoms with van der Waals surface area (Å²) in [5.74, 6) is 0.0497. The van der Waals surface area contributed by atoms with Gasteiger partial charge in [-0.1, -0.05) is 29.8 Å². The number of aromatic amines is 1. The fourth-order valence-corrected chi connectivity index (χ4v) is 3.39. The monoisotopic (exact) mass is 388 g/mol. The highest BCUT2D eigenvalue weighted by Gasteiger charge is 2.20. The van der Waals surface area contributed by atoms with Gasteiger partial charge in [0.25, 0.3) is 0 Å². The fraction of sp³-hybridized carbons (Fsp3) is 0.250. The van der Waals surface area contributed by atoms with Crippen LogP contribution in [0.15, 0.2) is 42.6 Å². The second kappa shape index (κ2) is 8.33. The van der Waals surface area contributed by atoms with E-state index in [1.807, 2.05) is 30.5 Å². The summed E-state index contributed by atoms with van der Waals surface area (Å²) in [7, 11) is 3.05. The lowest BCUT2D eigenvalue weighted by molar-refractivity contribution is -0.139. The number of H-pyrrole nitrogens is 1. The molecule has 3 N–H and O–H groups in total. The molecule has 0 saturated carbocycles. The molecule has 0 fully saturated rings. The predicted molar refractivity (Wildman–Crippen MR) is 105 cm³/mol. The number of rotatable bonds is 8. The standard InChI is InChI=1S/C20H21ClN2O4/c1-26-18-8-12(7-15(21)19(18)27-2)10-22-17(20(24)25)9-13-11-23-16-6-4-3-5-14(13)16/h3-8,11,17,22-23H,9-10H2,1-2H3,(H,24,25)/t17-/m0/s1. The molecule has 0 bridgehead atoms. The molecule has 2 aromatic carbocycles. The highest BCUT2D eigenvalue weighted by Crippen LogP contribution is 2.36. The van der Waals surface area contributed by atoms with Gasteiger partial charge in [0, 0.05) is 30.1 Å². The van der Waals surface area contributed by atoms with E-state index in [1.54, 1.807) is 12.1 Å². The molecule has 3 aromatic rings. The molecule has 1 atom stereocenters. The number of para-hydroxylation sites is 1. The molecule has 0 saturated heterocycles. The molecule has 6 nitrogen and oxygen atoms in total. The van der Waals surface area contributed by atoms with Crippen molar-refractivity contribution in [1.29, 1.82) is 0 Å². The first-order valence-electron chi connectivity index (χ1n) is 8.45. The van der Waals surface area contributed by atoms with E-state index in [1.165, 1.54) is 14.2 Å². The van der Waals surface area contributed by atoms with E-state index in [4.69, 9.17) is 21.1 Å². The SMILES string of the molecule is COc1cc(CN[C@@H](Cc2c[nH]c3ccccc23)C(=O)O)cc(Cl)c1OC. The molecule has 0 spiro atoms. The van der Waals surface area contributed by atoms with E-state index in [9.17, 15) is 9.90 Å². The number of fused-ring (bicyclic) bond motifs is 1. The van der Waals surface area contributed by atoms with Crippen molar-refractivity contribution in [3.05, 3.63) is 58.7 Å². The molecule has 0 amide bonds. The van der Waals surface area contributed by atoms with Gasteiger partial charge in [0.1, 0.15) is 6.04 Å². The van der Waals surface area contributed by atoms with Gasteiger partial charge in [0.05, 0.1) is 19.2 Å². The number of benzene rings is 2. The molecular formula is C20H21ClN2O4. The van der Waals surface area contributed by atoms with E-state index >= 15 is 0 Å². The van der Waals surface area contributed by atoms with Crippen LogP contribution in [0.4, 0.5) is 0 Å². The zero-order valence-corrected chi connectivity index (χ0v) is 15.8. The summed E-state index contributed by atoms with van der Waals surface area (Å²) in [6, 6.07) is 10.6. The molecule has 0 unspecified atom stereocenters. The quantitative estimate of drug-likeness (QED) is 0.549. The minimum absolute atomic E-state index is 0.333. The van der Waals surface area contributed by atoms with E-state index in [0.717, 1.165) is 22.0 Å². The molecule has 3 rings (SSSR count). The Balaban J connectivity index is 1.76. The Morgan fingerprint density at radius 1 is 1.26 bits per heavy atom. The maximum Gasteiger partial charge on any atom is 0.321 e. The normalized spacial score (nSPS) is 12.1. The lowest BCUT2D eigenvalue weighted by atomic mass is 10.0. The van der Waals surface area contributed by atoms with Crippen molar-refractivity contribution in [3.8, 4) is 11.5 Å². The summed E-state index contributed by atoms with van der Waals surface area (Å²) >= 11 is 6.22. The van der Waals surface area contributed by atoms with Crippen LogP contribution in [0.2, 0.25) is 5.02 Å². The fourth-order valence-electron chi connectivity index (χ4n) is 3.08. The largest absolute Gasteiger partial charge is 0.493 e. The van der Waals surface area contributed by atoms with Gasteiger partial charge in [-0.3, -0.25) is 4.79 Å². The first-order valence-corrected chi connectivity index (χ1v) is 8.83. The van der Waals surface area contributed by atoms with Crippen molar-refractivity contribution in [2.24, 2.45) is 0 Å². The van der Waals surface area contributed by atoms with E-state index in [0.29, 0.717) is 29.5 Å². The van der Waals surface area contributed by atoms with E-state index in [2.05, 4.69) is 10.3 Å². The summed E-state index contributed by atoms with van der Waals surface area (Å²) in [5, 5.41) is 14.1. The van der Waals surface area contributed by atoms with Crippen LogP contribution in [0.5, 0.6) is 11.5 Å². The zero-order valence-electron chi connectivity index (χ0n) is 15.1. The number of hydrogen-bond acceptors (Lipinski definition) is 4. The average molecular weight is 389 g/mol. The summed E-state index contributed by atoms with van der Waals surface area (Å²) in [5.41, 5.74) is 2.75. The van der Waals surface area contributed by atoms with Crippen LogP contribution in [-0.2, 0) is 17.8 Å². The molecule has 0 aliphatic heterocycles. The van der Waals surface area contributed by atoms with Gasteiger partial charge < -0.3 is 24.9 Å². The van der Waals surface area contributed by atoms with Gasteiger partial charge in [0.15, 0.2) is 11.5 Å². The molecule has 0 aliphatic carbocycles. The zero-order chi connectivity index (χ0) is 19.4. The van der Waals surface area contributed by atoms with Crippen LogP contribution in [0.1, 0.15) is 11.1 Å². The summed E-state index contributed by atoms with van der Waals surface area (Å²) in [6.45, 7) is 0.333. The maximum absolute atomic E-state index is 11.7. The van der Waals surface area contributed by atoms with E-state index < -0.39 is 12.0 Å². The number of nitrogens with one attached hydrogen (secondary N) is 2. The Morgan fingerprint density at radius 3 is 2.74 bits per heavy atom. The average Bonchev–Trinajstić information content (AvgIpc) is 3.07. The molecule has 0 radical (unpaired) electrons. The number of hydrogen-bond donors (Lipinski definition) is 3. The van der Waals surface area contributed by atoms with Crippen LogP contribution in [0, 0.1) is 0 Å². The predicted octanol–water partition coefficient (Wildman–Crippen LogP) is 3.62. The molecular weight excluding hydrogens is 368 g/mol. The topological polar surface area (TPSA) is 83.6 Å². The molecule has 0 aliphatic rings. The van der Waals surface area contributed by atoms with Crippen LogP contribution in [0.3, 0.4) is 0 Å². The Bertz CT molecular complexity index is 954. The van der Waals surface area contributed by atoms with Crippen molar-refractivity contribution in [3.63, 3.8) is 0 Å².